The molecule has 1 aromatic carbocycles. The Morgan fingerprint density at radius 1 is 1.22 bits per heavy atom. The zero-order valence-electron chi connectivity index (χ0n) is 13.6. The Labute approximate surface area is 134 Å². The van der Waals surface area contributed by atoms with E-state index in [1.54, 1.807) is 52.1 Å². The Hall–Kier alpha value is -2.70. The van der Waals surface area contributed by atoms with Gasteiger partial charge in [0.05, 0.1) is 7.11 Å². The van der Waals surface area contributed by atoms with Crippen molar-refractivity contribution in [3.63, 3.8) is 0 Å². The van der Waals surface area contributed by atoms with Gasteiger partial charge >= 0.3 is 12.1 Å². The summed E-state index contributed by atoms with van der Waals surface area (Å²) in [6.07, 6.45) is 0.107. The largest absolute Gasteiger partial charge is 0.497 e. The Balaban J connectivity index is 2.61. The van der Waals surface area contributed by atoms with Crippen molar-refractivity contribution in [2.24, 2.45) is 0 Å². The summed E-state index contributed by atoms with van der Waals surface area (Å²) in [7, 11) is 1.57. The fraction of sp³-hybridized carbons (Fsp3) is 0.375. The van der Waals surface area contributed by atoms with Gasteiger partial charge in [-0.3, -0.25) is 5.32 Å². The van der Waals surface area contributed by atoms with E-state index >= 15 is 0 Å². The molecule has 1 rings (SSSR count). The van der Waals surface area contributed by atoms with E-state index in [0.29, 0.717) is 5.75 Å². The average molecular weight is 323 g/mol. The second kappa shape index (κ2) is 8.07. The summed E-state index contributed by atoms with van der Waals surface area (Å²) >= 11 is 0. The molecule has 2 N–H and O–H groups in total. The normalized spacial score (nSPS) is 11.6. The summed E-state index contributed by atoms with van der Waals surface area (Å²) in [5, 5.41) is 11.2. The van der Waals surface area contributed by atoms with Gasteiger partial charge in [0.25, 0.3) is 0 Å². The molecule has 0 aromatic heterocycles. The molecule has 0 aliphatic carbocycles. The van der Waals surface area contributed by atoms with Crippen molar-refractivity contribution in [3.05, 3.63) is 41.8 Å². The number of methoxy groups -OCH3 is 1. The highest BCUT2D eigenvalue weighted by atomic mass is 16.6. The van der Waals surface area contributed by atoms with Gasteiger partial charge in [-0.2, -0.15) is 0 Å². The third kappa shape index (κ3) is 7.21. The smallest absolute Gasteiger partial charge is 0.412 e. The van der Waals surface area contributed by atoms with Gasteiger partial charge in [0.15, 0.2) is 5.70 Å². The first-order chi connectivity index (χ1) is 10.7. The average Bonchev–Trinajstić information content (AvgIpc) is 2.44. The minimum Gasteiger partial charge on any atom is -0.497 e. The van der Waals surface area contributed by atoms with Crippen molar-refractivity contribution in [3.8, 4) is 5.75 Å². The molecular formula is C16H21NO6. The van der Waals surface area contributed by atoms with Crippen LogP contribution in [0, 0.1) is 0 Å². The molecule has 0 bridgehead atoms. The maximum atomic E-state index is 11.6. The zero-order chi connectivity index (χ0) is 17.5. The highest BCUT2D eigenvalue weighted by Crippen LogP contribution is 2.12. The minimum atomic E-state index is -1.33. The number of hydrogen-bond donors (Lipinski definition) is 2. The van der Waals surface area contributed by atoms with Gasteiger partial charge in [0.1, 0.15) is 24.2 Å². The molecule has 23 heavy (non-hydrogen) atoms. The van der Waals surface area contributed by atoms with Crippen molar-refractivity contribution in [2.75, 3.05) is 7.11 Å². The number of ether oxygens (including phenoxy) is 3. The number of amides is 1. The van der Waals surface area contributed by atoms with Crippen LogP contribution in [0.1, 0.15) is 26.3 Å². The van der Waals surface area contributed by atoms with Crippen LogP contribution in [0.5, 0.6) is 5.75 Å². The number of carboxylic acid groups (broad SMARTS) is 1. The van der Waals surface area contributed by atoms with Crippen LogP contribution in [0.3, 0.4) is 0 Å². The summed E-state index contributed by atoms with van der Waals surface area (Å²) in [5.74, 6) is -0.618. The van der Waals surface area contributed by atoms with Gasteiger partial charge in [-0.15, -0.1) is 0 Å². The third-order valence-electron chi connectivity index (χ3n) is 2.48. The van der Waals surface area contributed by atoms with E-state index in [1.165, 1.54) is 0 Å². The molecule has 0 radical (unpaired) electrons. The molecule has 1 aromatic rings. The Morgan fingerprint density at radius 3 is 2.30 bits per heavy atom. The number of hydrogen-bond acceptors (Lipinski definition) is 5. The van der Waals surface area contributed by atoms with Crippen LogP contribution < -0.4 is 10.1 Å². The molecule has 0 heterocycles. The molecule has 0 unspecified atom stereocenters. The van der Waals surface area contributed by atoms with Crippen molar-refractivity contribution in [2.45, 2.75) is 33.0 Å². The van der Waals surface area contributed by atoms with Crippen molar-refractivity contribution in [1.29, 1.82) is 0 Å². The summed E-state index contributed by atoms with van der Waals surface area (Å²) < 4.78 is 15.2. The second-order valence-electron chi connectivity index (χ2n) is 5.62. The molecule has 126 valence electrons. The quantitative estimate of drug-likeness (QED) is 0.617. The summed E-state index contributed by atoms with van der Waals surface area (Å²) in [4.78, 5) is 22.7. The first-order valence-electron chi connectivity index (χ1n) is 6.89. The third-order valence-corrected chi connectivity index (χ3v) is 2.48. The minimum absolute atomic E-state index is 0.150. The van der Waals surface area contributed by atoms with Gasteiger partial charge in [0.2, 0.25) is 0 Å². The Kier molecular flexibility index (Phi) is 6.44. The van der Waals surface area contributed by atoms with Crippen LogP contribution in [-0.2, 0) is 20.9 Å². The Bertz CT molecular complexity index is 571. The van der Waals surface area contributed by atoms with Crippen LogP contribution in [-0.4, -0.2) is 29.9 Å². The molecular weight excluding hydrogens is 302 g/mol. The summed E-state index contributed by atoms with van der Waals surface area (Å²) in [6, 6.07) is 7.10. The van der Waals surface area contributed by atoms with Crippen molar-refractivity contribution >= 4 is 12.1 Å². The lowest BCUT2D eigenvalue weighted by Crippen LogP contribution is -2.34. The lowest BCUT2D eigenvalue weighted by atomic mass is 10.2. The maximum absolute atomic E-state index is 11.6. The first-order valence-corrected chi connectivity index (χ1v) is 6.89. The second-order valence-corrected chi connectivity index (χ2v) is 5.62. The number of nitrogens with one attached hydrogen (secondary N) is 1. The van der Waals surface area contributed by atoms with Crippen molar-refractivity contribution in [1.82, 2.24) is 5.32 Å². The molecule has 7 heteroatoms. The molecule has 1 amide bonds. The number of carbonyl (C=O) groups excluding carboxylic acids is 1. The van der Waals surface area contributed by atoms with E-state index in [2.05, 4.69) is 5.32 Å². The number of carbonyl (C=O) groups is 2. The first kappa shape index (κ1) is 18.3. The lowest BCUT2D eigenvalue weighted by molar-refractivity contribution is -0.133. The number of benzene rings is 1. The highest BCUT2D eigenvalue weighted by molar-refractivity contribution is 5.90. The molecule has 0 aliphatic rings. The summed E-state index contributed by atoms with van der Waals surface area (Å²) in [6.45, 7) is 5.18. The van der Waals surface area contributed by atoms with Gasteiger partial charge in [-0.1, -0.05) is 12.1 Å². The highest BCUT2D eigenvalue weighted by Gasteiger charge is 2.19. The molecule has 7 nitrogen and oxygen atoms in total. The predicted octanol–water partition coefficient (Wildman–Crippen LogP) is 2.66. The number of rotatable bonds is 6. The standard InChI is InChI=1S/C16H21NO6/c1-16(2,3)23-15(20)17-13(14(18)19)10-22-9-11-5-7-12(21-4)8-6-11/h5-8,10H,9H2,1-4H3,(H,17,20)(H,18,19)/b13-10+. The van der Waals surface area contributed by atoms with Gasteiger partial charge in [-0.25, -0.2) is 9.59 Å². The van der Waals surface area contributed by atoms with Gasteiger partial charge in [0, 0.05) is 0 Å². The molecule has 0 atom stereocenters. The number of aliphatic carboxylic acids is 1. The number of carboxylic acids is 1. The van der Waals surface area contributed by atoms with Crippen molar-refractivity contribution < 1.29 is 28.9 Å². The van der Waals surface area contributed by atoms with E-state index in [9.17, 15) is 9.59 Å². The maximum Gasteiger partial charge on any atom is 0.412 e. The van der Waals surface area contributed by atoms with Crippen LogP contribution in [0.25, 0.3) is 0 Å². The molecule has 0 saturated heterocycles. The predicted molar refractivity (Wildman–Crippen MR) is 82.9 cm³/mol. The zero-order valence-corrected chi connectivity index (χ0v) is 13.6. The fourth-order valence-corrected chi connectivity index (χ4v) is 1.49. The van der Waals surface area contributed by atoms with E-state index in [4.69, 9.17) is 19.3 Å². The molecule has 0 aliphatic heterocycles. The fourth-order valence-electron chi connectivity index (χ4n) is 1.49. The molecule has 0 fully saturated rings. The SMILES string of the molecule is COc1ccc(CO/C=C(/NC(=O)OC(C)(C)C)C(=O)O)cc1. The van der Waals surface area contributed by atoms with E-state index in [0.717, 1.165) is 11.8 Å². The van der Waals surface area contributed by atoms with Gasteiger partial charge in [-0.05, 0) is 38.5 Å². The lowest BCUT2D eigenvalue weighted by Gasteiger charge is -2.19. The van der Waals surface area contributed by atoms with Crippen LogP contribution in [0.2, 0.25) is 0 Å². The number of alkyl carbamates (subject to hydrolysis) is 1. The van der Waals surface area contributed by atoms with Crippen LogP contribution >= 0.6 is 0 Å². The van der Waals surface area contributed by atoms with Crippen LogP contribution in [0.4, 0.5) is 4.79 Å². The van der Waals surface area contributed by atoms with E-state index in [-0.39, 0.29) is 6.61 Å². The van der Waals surface area contributed by atoms with Gasteiger partial charge < -0.3 is 19.3 Å². The molecule has 0 saturated carbocycles. The van der Waals surface area contributed by atoms with Crippen LogP contribution in [0.15, 0.2) is 36.2 Å². The Morgan fingerprint density at radius 2 is 1.83 bits per heavy atom. The van der Waals surface area contributed by atoms with E-state index < -0.39 is 23.4 Å². The topological polar surface area (TPSA) is 94.1 Å². The summed E-state index contributed by atoms with van der Waals surface area (Å²) in [5.41, 5.74) is -0.311. The monoisotopic (exact) mass is 323 g/mol. The molecule has 0 spiro atoms. The van der Waals surface area contributed by atoms with E-state index in [1.807, 2.05) is 0 Å².